The lowest BCUT2D eigenvalue weighted by Gasteiger charge is -2.23. The number of methoxy groups -OCH3 is 1. The smallest absolute Gasteiger partial charge is 0.218 e. The van der Waals surface area contributed by atoms with Gasteiger partial charge in [0.05, 0.1) is 39.6 Å². The molecule has 1 saturated heterocycles. The van der Waals surface area contributed by atoms with E-state index in [0.717, 1.165) is 34.4 Å². The molecule has 2 aliphatic rings. The normalized spacial score (nSPS) is 18.1. The van der Waals surface area contributed by atoms with E-state index in [1.54, 1.807) is 7.11 Å². The monoisotopic (exact) mass is 553 g/mol. The van der Waals surface area contributed by atoms with Gasteiger partial charge >= 0.3 is 0 Å². The minimum Gasteiger partial charge on any atom is -0.497 e. The molecule has 2 atom stereocenters. The van der Waals surface area contributed by atoms with E-state index >= 15 is 0 Å². The van der Waals surface area contributed by atoms with Gasteiger partial charge in [-0.25, -0.2) is 4.98 Å². The third-order valence-electron chi connectivity index (χ3n) is 6.75. The summed E-state index contributed by atoms with van der Waals surface area (Å²) >= 11 is 0. The van der Waals surface area contributed by atoms with E-state index in [0.29, 0.717) is 57.0 Å². The van der Waals surface area contributed by atoms with E-state index in [1.165, 1.54) is 0 Å². The Hall–Kier alpha value is -4.09. The van der Waals surface area contributed by atoms with Gasteiger partial charge in [-0.15, -0.1) is 0 Å². The molecule has 1 fully saturated rings. The summed E-state index contributed by atoms with van der Waals surface area (Å²) in [5.41, 5.74) is 4.57. The average Bonchev–Trinajstić information content (AvgIpc) is 3.03. The summed E-state index contributed by atoms with van der Waals surface area (Å²) in [4.78, 5) is 4.69. The van der Waals surface area contributed by atoms with Crippen LogP contribution in [0.1, 0.15) is 28.8 Å². The zero-order valence-corrected chi connectivity index (χ0v) is 23.5. The summed E-state index contributed by atoms with van der Waals surface area (Å²) in [5, 5.41) is 0. The Kier molecular flexibility index (Phi) is 10.1. The van der Waals surface area contributed by atoms with E-state index in [-0.39, 0.29) is 12.2 Å². The van der Waals surface area contributed by atoms with E-state index in [1.807, 2.05) is 79.7 Å². The molecule has 0 bridgehead atoms. The highest BCUT2D eigenvalue weighted by Gasteiger charge is 2.17. The van der Waals surface area contributed by atoms with Gasteiger partial charge < -0.3 is 28.4 Å². The third-order valence-corrected chi connectivity index (χ3v) is 6.75. The molecule has 0 saturated carbocycles. The van der Waals surface area contributed by atoms with Gasteiger partial charge in [0, 0.05) is 17.2 Å². The second kappa shape index (κ2) is 14.5. The molecule has 1 aliphatic carbocycles. The molecule has 2 aromatic carbocycles. The summed E-state index contributed by atoms with van der Waals surface area (Å²) in [5.74, 6) is 8.45. The van der Waals surface area contributed by atoms with Crippen molar-refractivity contribution in [3.05, 3.63) is 107 Å². The Morgan fingerprint density at radius 1 is 0.951 bits per heavy atom. The van der Waals surface area contributed by atoms with Gasteiger partial charge in [-0.1, -0.05) is 60.5 Å². The minimum atomic E-state index is -0.132. The van der Waals surface area contributed by atoms with Crippen LogP contribution < -0.4 is 14.2 Å². The molecule has 0 N–H and O–H groups in total. The first kappa shape index (κ1) is 28.4. The number of benzene rings is 2. The highest BCUT2D eigenvalue weighted by Crippen LogP contribution is 2.27. The van der Waals surface area contributed by atoms with Gasteiger partial charge in [0.25, 0.3) is 0 Å². The van der Waals surface area contributed by atoms with Gasteiger partial charge in [-0.3, -0.25) is 0 Å². The maximum Gasteiger partial charge on any atom is 0.218 e. The number of aromatic nitrogens is 1. The summed E-state index contributed by atoms with van der Waals surface area (Å²) < 4.78 is 34.7. The van der Waals surface area contributed by atoms with E-state index in [4.69, 9.17) is 28.4 Å². The first-order valence-electron chi connectivity index (χ1n) is 13.8. The largest absolute Gasteiger partial charge is 0.497 e. The molecule has 5 rings (SSSR count). The standard InChI is InChI=1S/C34H35NO6/c1-25-32(17-12-26-8-15-30(16-9-26)39-21-28-10-13-29(36-2)14-11-28)35-34(41-24-31-23-37-18-19-38-31)20-33(25)40-22-27-6-4-3-5-7-27/h3-11,13-15,20,30-31H,16,18-19,21-24H2,1-2H3. The fraction of sp³-hybridized carbons (Fsp3) is 0.324. The number of rotatable bonds is 10. The van der Waals surface area contributed by atoms with E-state index in [2.05, 4.69) is 22.9 Å². The van der Waals surface area contributed by atoms with Gasteiger partial charge in [0.15, 0.2) is 0 Å². The van der Waals surface area contributed by atoms with Crippen molar-refractivity contribution in [1.82, 2.24) is 4.98 Å². The Bertz CT molecular complexity index is 1400. The summed E-state index contributed by atoms with van der Waals surface area (Å²) in [6, 6.07) is 19.8. The topological polar surface area (TPSA) is 68.3 Å². The van der Waals surface area contributed by atoms with Crippen LogP contribution in [0.5, 0.6) is 17.4 Å². The van der Waals surface area contributed by atoms with Crippen molar-refractivity contribution < 1.29 is 28.4 Å². The van der Waals surface area contributed by atoms with E-state index in [9.17, 15) is 0 Å². The van der Waals surface area contributed by atoms with Crippen LogP contribution in [0.25, 0.3) is 0 Å². The minimum absolute atomic E-state index is 0.00298. The molecule has 41 heavy (non-hydrogen) atoms. The lowest BCUT2D eigenvalue weighted by Crippen LogP contribution is -2.33. The molecule has 3 aromatic rings. The fourth-order valence-electron chi connectivity index (χ4n) is 4.33. The molecule has 2 heterocycles. The molecule has 2 unspecified atom stereocenters. The molecule has 212 valence electrons. The predicted molar refractivity (Wildman–Crippen MR) is 156 cm³/mol. The van der Waals surface area contributed by atoms with Crippen LogP contribution in [0.3, 0.4) is 0 Å². The van der Waals surface area contributed by atoms with Crippen molar-refractivity contribution in [1.29, 1.82) is 0 Å². The van der Waals surface area contributed by atoms with Crippen LogP contribution in [0.4, 0.5) is 0 Å². The molecule has 0 radical (unpaired) electrons. The fourth-order valence-corrected chi connectivity index (χ4v) is 4.33. The molecule has 1 aromatic heterocycles. The Labute approximate surface area is 241 Å². The predicted octanol–water partition coefficient (Wildman–Crippen LogP) is 5.60. The summed E-state index contributed by atoms with van der Waals surface area (Å²) in [6.07, 6.45) is 6.76. The van der Waals surface area contributed by atoms with Crippen molar-refractivity contribution in [2.75, 3.05) is 33.5 Å². The number of hydrogen-bond donors (Lipinski definition) is 0. The first-order valence-corrected chi connectivity index (χ1v) is 13.8. The van der Waals surface area contributed by atoms with Crippen LogP contribution in [0.2, 0.25) is 0 Å². The Balaban J connectivity index is 1.24. The van der Waals surface area contributed by atoms with Gasteiger partial charge in [0.2, 0.25) is 5.88 Å². The van der Waals surface area contributed by atoms with Crippen molar-refractivity contribution in [2.45, 2.75) is 38.8 Å². The highest BCUT2D eigenvalue weighted by atomic mass is 16.6. The molecule has 1 aliphatic heterocycles. The Morgan fingerprint density at radius 3 is 2.51 bits per heavy atom. The molecular weight excluding hydrogens is 518 g/mol. The molecule has 7 nitrogen and oxygen atoms in total. The third kappa shape index (κ3) is 8.45. The van der Waals surface area contributed by atoms with Gasteiger partial charge in [-0.05, 0) is 48.6 Å². The van der Waals surface area contributed by atoms with Crippen LogP contribution in [-0.4, -0.2) is 50.7 Å². The Morgan fingerprint density at radius 2 is 1.78 bits per heavy atom. The maximum atomic E-state index is 6.18. The maximum absolute atomic E-state index is 6.18. The summed E-state index contributed by atoms with van der Waals surface area (Å²) in [6.45, 7) is 4.95. The van der Waals surface area contributed by atoms with Crippen LogP contribution in [0.15, 0.2) is 84.5 Å². The second-order valence-electron chi connectivity index (χ2n) is 9.79. The van der Waals surface area contributed by atoms with Crippen molar-refractivity contribution in [2.24, 2.45) is 0 Å². The SMILES string of the molecule is COc1ccc(COC2C=CC(C#Cc3nc(OCC4COCCO4)cc(OCc4ccccc4)c3C)=CC2)cc1. The first-order chi connectivity index (χ1) is 20.2. The van der Waals surface area contributed by atoms with Crippen LogP contribution in [0, 0.1) is 18.8 Å². The zero-order valence-electron chi connectivity index (χ0n) is 23.5. The number of nitrogens with zero attached hydrogens (tertiary/aromatic N) is 1. The molecule has 0 spiro atoms. The van der Waals surface area contributed by atoms with Crippen LogP contribution >= 0.6 is 0 Å². The lowest BCUT2D eigenvalue weighted by atomic mass is 10.0. The molecule has 7 heteroatoms. The van der Waals surface area contributed by atoms with Gasteiger partial charge in [-0.2, -0.15) is 0 Å². The molecule has 0 amide bonds. The van der Waals surface area contributed by atoms with E-state index < -0.39 is 0 Å². The van der Waals surface area contributed by atoms with Crippen molar-refractivity contribution >= 4 is 0 Å². The van der Waals surface area contributed by atoms with Crippen molar-refractivity contribution in [3.63, 3.8) is 0 Å². The van der Waals surface area contributed by atoms with Crippen LogP contribution in [-0.2, 0) is 27.4 Å². The van der Waals surface area contributed by atoms with Gasteiger partial charge in [0.1, 0.15) is 36.5 Å². The van der Waals surface area contributed by atoms with Crippen molar-refractivity contribution in [3.8, 4) is 29.2 Å². The summed E-state index contributed by atoms with van der Waals surface area (Å²) in [7, 11) is 1.66. The highest BCUT2D eigenvalue weighted by molar-refractivity contribution is 5.51. The molecular formula is C34H35NO6. The lowest BCUT2D eigenvalue weighted by molar-refractivity contribution is -0.102. The number of pyridine rings is 1. The number of ether oxygens (including phenoxy) is 6. The number of hydrogen-bond acceptors (Lipinski definition) is 7. The average molecular weight is 554 g/mol. The second-order valence-corrected chi connectivity index (χ2v) is 9.79. The quantitative estimate of drug-likeness (QED) is 0.303. The zero-order chi connectivity index (χ0) is 28.3. The number of allylic oxidation sites excluding steroid dienone is 2.